The van der Waals surface area contributed by atoms with Gasteiger partial charge in [0.1, 0.15) is 0 Å². The zero-order chi connectivity index (χ0) is 31.9. The molecule has 2 aromatic heterocycles. The zero-order valence-corrected chi connectivity index (χ0v) is 26.9. The summed E-state index contributed by atoms with van der Waals surface area (Å²) >= 11 is 1.84. The molecule has 48 heavy (non-hydrogen) atoms. The van der Waals surface area contributed by atoms with Crippen LogP contribution in [0.15, 0.2) is 158 Å². The number of allylic oxidation sites excluding steroid dienone is 1. The van der Waals surface area contributed by atoms with Crippen LogP contribution in [0.1, 0.15) is 10.4 Å². The molecule has 0 atom stereocenters. The van der Waals surface area contributed by atoms with E-state index in [-0.39, 0.29) is 0 Å². The molecule has 0 fully saturated rings. The molecule has 0 unspecified atom stereocenters. The summed E-state index contributed by atoms with van der Waals surface area (Å²) in [5.41, 5.74) is 11.3. The molecule has 8 aromatic rings. The lowest BCUT2D eigenvalue weighted by Gasteiger charge is -2.13. The highest BCUT2D eigenvalue weighted by Crippen LogP contribution is 2.41. The van der Waals surface area contributed by atoms with Gasteiger partial charge in [-0.15, -0.1) is 11.3 Å². The Kier molecular flexibility index (Phi) is 7.07. The van der Waals surface area contributed by atoms with Gasteiger partial charge in [0.15, 0.2) is 17.5 Å². The lowest BCUT2D eigenvalue weighted by molar-refractivity contribution is 1.08. The quantitative estimate of drug-likeness (QED) is 0.183. The Morgan fingerprint density at radius 3 is 1.58 bits per heavy atom. The molecule has 0 N–H and O–H groups in total. The molecule has 0 spiro atoms. The van der Waals surface area contributed by atoms with Gasteiger partial charge in [-0.2, -0.15) is 0 Å². The topological polar surface area (TPSA) is 38.7 Å². The van der Waals surface area contributed by atoms with Crippen molar-refractivity contribution in [2.75, 3.05) is 0 Å². The van der Waals surface area contributed by atoms with Crippen LogP contribution in [-0.2, 0) is 6.42 Å². The smallest absolute Gasteiger partial charge is 0.164 e. The van der Waals surface area contributed by atoms with Crippen LogP contribution in [0.5, 0.6) is 0 Å². The number of fused-ring (bicyclic) bond motifs is 3. The van der Waals surface area contributed by atoms with Crippen molar-refractivity contribution in [2.24, 2.45) is 0 Å². The molecule has 9 rings (SSSR count). The Bertz CT molecular complexity index is 2410. The van der Waals surface area contributed by atoms with Crippen LogP contribution in [0.2, 0.25) is 0 Å². The number of rotatable bonds is 6. The van der Waals surface area contributed by atoms with E-state index in [9.17, 15) is 0 Å². The Labute approximate surface area is 283 Å². The van der Waals surface area contributed by atoms with Gasteiger partial charge in [-0.25, -0.2) is 15.0 Å². The molecule has 0 bridgehead atoms. The number of nitrogens with zero attached hydrogens (tertiary/aromatic N) is 3. The van der Waals surface area contributed by atoms with Crippen LogP contribution in [0, 0.1) is 0 Å². The number of hydrogen-bond donors (Lipinski definition) is 0. The summed E-state index contributed by atoms with van der Waals surface area (Å²) in [5.74, 6) is 2.02. The first-order valence-electron chi connectivity index (χ1n) is 16.2. The summed E-state index contributed by atoms with van der Waals surface area (Å²) in [4.78, 5) is 16.7. The van der Waals surface area contributed by atoms with Crippen LogP contribution >= 0.6 is 11.3 Å². The summed E-state index contributed by atoms with van der Waals surface area (Å²) in [7, 11) is 0. The third kappa shape index (κ3) is 5.23. The Morgan fingerprint density at radius 2 is 0.917 bits per heavy atom. The largest absolute Gasteiger partial charge is 0.208 e. The second-order valence-electron chi connectivity index (χ2n) is 12.0. The lowest BCUT2D eigenvalue weighted by Crippen LogP contribution is -2.00. The fourth-order valence-corrected chi connectivity index (χ4v) is 7.80. The van der Waals surface area contributed by atoms with Crippen LogP contribution in [0.4, 0.5) is 0 Å². The first kappa shape index (κ1) is 28.3. The second-order valence-corrected chi connectivity index (χ2v) is 13.1. The van der Waals surface area contributed by atoms with Crippen molar-refractivity contribution in [3.05, 3.63) is 168 Å². The van der Waals surface area contributed by atoms with Gasteiger partial charge in [0.05, 0.1) is 0 Å². The average molecular weight is 632 g/mol. The van der Waals surface area contributed by atoms with Gasteiger partial charge >= 0.3 is 0 Å². The third-order valence-electron chi connectivity index (χ3n) is 8.95. The van der Waals surface area contributed by atoms with Crippen molar-refractivity contribution in [2.45, 2.75) is 6.42 Å². The highest BCUT2D eigenvalue weighted by atomic mass is 32.1. The van der Waals surface area contributed by atoms with Crippen molar-refractivity contribution in [3.8, 4) is 67.5 Å². The highest BCUT2D eigenvalue weighted by molar-refractivity contribution is 7.20. The molecule has 226 valence electrons. The number of benzene rings is 6. The van der Waals surface area contributed by atoms with Crippen molar-refractivity contribution in [1.29, 1.82) is 0 Å². The minimum Gasteiger partial charge on any atom is -0.208 e. The molecular weight excluding hydrogens is 603 g/mol. The molecular formula is C44H29N3S. The molecule has 0 saturated carbocycles. The molecule has 0 radical (unpaired) electrons. The fourth-order valence-electron chi connectivity index (χ4n) is 6.61. The maximum absolute atomic E-state index is 5.18. The van der Waals surface area contributed by atoms with E-state index in [1.807, 2.05) is 29.5 Å². The van der Waals surface area contributed by atoms with E-state index in [1.54, 1.807) is 0 Å². The minimum absolute atomic E-state index is 0.658. The van der Waals surface area contributed by atoms with Gasteiger partial charge in [0, 0.05) is 31.7 Å². The lowest BCUT2D eigenvalue weighted by atomic mass is 9.93. The summed E-state index contributed by atoms with van der Waals surface area (Å²) in [5, 5.41) is 1.25. The van der Waals surface area contributed by atoms with Crippen molar-refractivity contribution < 1.29 is 0 Å². The molecule has 2 heterocycles. The maximum Gasteiger partial charge on any atom is 0.164 e. The van der Waals surface area contributed by atoms with E-state index < -0.39 is 0 Å². The first-order chi connectivity index (χ1) is 23.8. The molecule has 6 aromatic carbocycles. The van der Waals surface area contributed by atoms with Gasteiger partial charge < -0.3 is 0 Å². The molecule has 0 amide bonds. The fraction of sp³-hybridized carbons (Fsp3) is 0.0227. The van der Waals surface area contributed by atoms with E-state index in [0.29, 0.717) is 17.5 Å². The minimum atomic E-state index is 0.658. The first-order valence-corrected chi connectivity index (χ1v) is 17.0. The van der Waals surface area contributed by atoms with Crippen molar-refractivity contribution >= 4 is 27.5 Å². The van der Waals surface area contributed by atoms with Crippen molar-refractivity contribution in [1.82, 2.24) is 15.0 Å². The van der Waals surface area contributed by atoms with Crippen LogP contribution < -0.4 is 0 Å². The molecule has 0 saturated heterocycles. The monoisotopic (exact) mass is 631 g/mol. The Balaban J connectivity index is 1.21. The van der Waals surface area contributed by atoms with Crippen LogP contribution in [0.3, 0.4) is 0 Å². The molecule has 0 aliphatic heterocycles. The number of aromatic nitrogens is 3. The standard InChI is InChI=1S/C44H29N3S/c1-4-13-29(14-5-1)34-26-35(30-15-6-2-7-16-30)28-36(27-34)32-19-10-20-33(25-32)43-45-42(31-17-8-3-9-18-31)46-44(47-43)38-22-12-24-40-41(38)37-21-11-23-39(37)48-40/h1-20,22-28H,21H2. The molecule has 4 heteroatoms. The zero-order valence-electron chi connectivity index (χ0n) is 26.0. The van der Waals surface area contributed by atoms with E-state index >= 15 is 0 Å². The summed E-state index contributed by atoms with van der Waals surface area (Å²) in [6.07, 6.45) is 5.41. The SMILES string of the molecule is C1=Cc2sc3cccc(-c4nc(-c5ccccc5)nc(-c5cccc(-c6cc(-c7ccccc7)cc(-c7ccccc7)c6)c5)n4)c3c2C1. The number of thiophene rings is 1. The summed E-state index contributed by atoms with van der Waals surface area (Å²) < 4.78 is 1.26. The molecule has 3 nitrogen and oxygen atoms in total. The van der Waals surface area contributed by atoms with E-state index in [4.69, 9.17) is 15.0 Å². The highest BCUT2D eigenvalue weighted by Gasteiger charge is 2.20. The number of hydrogen-bond acceptors (Lipinski definition) is 4. The summed E-state index contributed by atoms with van der Waals surface area (Å²) in [6, 6.07) is 53.2. The predicted octanol–water partition coefficient (Wildman–Crippen LogP) is 11.7. The third-order valence-corrected chi connectivity index (χ3v) is 10.1. The van der Waals surface area contributed by atoms with Gasteiger partial charge in [-0.1, -0.05) is 127 Å². The maximum atomic E-state index is 5.18. The van der Waals surface area contributed by atoms with E-state index in [0.717, 1.165) is 34.2 Å². The average Bonchev–Trinajstić information content (AvgIpc) is 3.77. The van der Waals surface area contributed by atoms with Crippen molar-refractivity contribution in [3.63, 3.8) is 0 Å². The van der Waals surface area contributed by atoms with Gasteiger partial charge in [0.2, 0.25) is 0 Å². The van der Waals surface area contributed by atoms with Crippen LogP contribution in [0.25, 0.3) is 83.7 Å². The van der Waals surface area contributed by atoms with Gasteiger partial charge in [0.25, 0.3) is 0 Å². The van der Waals surface area contributed by atoms with Gasteiger partial charge in [-0.3, -0.25) is 0 Å². The summed E-state index contributed by atoms with van der Waals surface area (Å²) in [6.45, 7) is 0. The molecule has 1 aliphatic rings. The van der Waals surface area contributed by atoms with Crippen LogP contribution in [-0.4, -0.2) is 15.0 Å². The second kappa shape index (κ2) is 12.0. The predicted molar refractivity (Wildman–Crippen MR) is 201 cm³/mol. The van der Waals surface area contributed by atoms with E-state index in [1.165, 1.54) is 42.8 Å². The Hall–Kier alpha value is -5.97. The van der Waals surface area contributed by atoms with E-state index in [2.05, 4.69) is 146 Å². The normalized spacial score (nSPS) is 12.0. The van der Waals surface area contributed by atoms with Gasteiger partial charge in [-0.05, 0) is 81.8 Å². The molecule has 1 aliphatic carbocycles. The Morgan fingerprint density at radius 1 is 0.417 bits per heavy atom.